The van der Waals surface area contributed by atoms with E-state index in [2.05, 4.69) is 54.7 Å². The molecule has 2 fully saturated rings. The number of hydrogen-bond acceptors (Lipinski definition) is 11. The van der Waals surface area contributed by atoms with Gasteiger partial charge in [0.2, 0.25) is 23.6 Å². The topological polar surface area (TPSA) is 172 Å². The van der Waals surface area contributed by atoms with Crippen LogP contribution < -0.4 is 25.6 Å². The molecule has 3 aromatic heterocycles. The van der Waals surface area contributed by atoms with E-state index in [1.54, 1.807) is 30.1 Å². The second-order valence-corrected chi connectivity index (χ2v) is 16.0. The monoisotopic (exact) mass is 840 g/mol. The standard InChI is InChI=1S/C44H54F2N10O5/c1-6-26(2)8-7-17-61-43-33(23-48-54(43)4)37-19-28(18-27(3)49-37)41(58)53-44-50-36-11-9-30(22-38(36)51-44)56-16-15-55(24-31(56)25-60-5)14-13-47-29-20-34(45)40(35(46)21-29)32-10-12-39(57)52-42(32)59/h9,11,18-23,26,31-32,47H,6-8,10,12-17,24-25H2,1-5H3,(H,52,57,59)(H2,50,51,53,58)/t26-,31+,32+/m0/s1. The smallest absolute Gasteiger partial charge is 0.258 e. The molecule has 0 spiro atoms. The highest BCUT2D eigenvalue weighted by Gasteiger charge is 2.33. The number of nitrogens with zero attached hydrogens (tertiary/aromatic N) is 6. The highest BCUT2D eigenvalue weighted by molar-refractivity contribution is 6.05. The summed E-state index contributed by atoms with van der Waals surface area (Å²) in [5, 5.41) is 12.6. The molecule has 324 valence electrons. The van der Waals surface area contributed by atoms with Crippen LogP contribution in [-0.4, -0.2) is 106 Å². The number of aryl methyl sites for hydroxylation is 2. The minimum absolute atomic E-state index is 0.0144. The highest BCUT2D eigenvalue weighted by Crippen LogP contribution is 2.33. The quantitative estimate of drug-likeness (QED) is 0.0624. The van der Waals surface area contributed by atoms with Crippen molar-refractivity contribution in [2.75, 3.05) is 68.6 Å². The third kappa shape index (κ3) is 10.2. The number of piperidine rings is 1. The SMILES string of the molecule is CC[C@H](C)CCCOc1c(-c2cc(C(=O)Nc3nc4ccc(N5CCN(CCNc6cc(F)c([C@H]7CCC(=O)NC7=O)c(F)c6)C[C@@H]5COC)cc4[nH]3)cc(C)n2)cnn1C. The number of H-pyrrole nitrogens is 1. The third-order valence-electron chi connectivity index (χ3n) is 11.5. The molecule has 0 radical (unpaired) electrons. The maximum atomic E-state index is 15.1. The average molecular weight is 841 g/mol. The van der Waals surface area contributed by atoms with Gasteiger partial charge >= 0.3 is 0 Å². The van der Waals surface area contributed by atoms with Crippen LogP contribution in [0.15, 0.2) is 48.7 Å². The van der Waals surface area contributed by atoms with Gasteiger partial charge in [0.1, 0.15) is 11.6 Å². The molecule has 5 heterocycles. The number of aromatic nitrogens is 5. The second-order valence-electron chi connectivity index (χ2n) is 16.0. The number of imidazole rings is 1. The average Bonchev–Trinajstić information content (AvgIpc) is 3.81. The number of hydrogen-bond donors (Lipinski definition) is 4. The van der Waals surface area contributed by atoms with Gasteiger partial charge in [-0.25, -0.2) is 18.4 Å². The molecule has 0 saturated carbocycles. The van der Waals surface area contributed by atoms with E-state index < -0.39 is 29.4 Å². The molecule has 3 atom stereocenters. The number of pyridine rings is 1. The Morgan fingerprint density at radius 2 is 1.89 bits per heavy atom. The fraction of sp³-hybridized carbons (Fsp3) is 0.455. The number of rotatable bonds is 17. The summed E-state index contributed by atoms with van der Waals surface area (Å²) in [4.78, 5) is 54.5. The fourth-order valence-corrected chi connectivity index (χ4v) is 8.08. The number of piperazine rings is 1. The first-order valence-corrected chi connectivity index (χ1v) is 20.9. The molecule has 4 N–H and O–H groups in total. The third-order valence-corrected chi connectivity index (χ3v) is 11.5. The molecule has 0 unspecified atom stereocenters. The van der Waals surface area contributed by atoms with E-state index in [1.165, 1.54) is 12.1 Å². The summed E-state index contributed by atoms with van der Waals surface area (Å²) in [6.45, 7) is 10.5. The molecular formula is C44H54F2N10O5. The minimum atomic E-state index is -1.04. The normalized spacial score (nSPS) is 17.7. The summed E-state index contributed by atoms with van der Waals surface area (Å²) < 4.78 is 43.6. The molecule has 0 bridgehead atoms. The summed E-state index contributed by atoms with van der Waals surface area (Å²) >= 11 is 0. The number of nitrogens with one attached hydrogen (secondary N) is 4. The van der Waals surface area contributed by atoms with Crippen LogP contribution in [0.25, 0.3) is 22.3 Å². The molecule has 2 aliphatic heterocycles. The Labute approximate surface area is 353 Å². The number of ether oxygens (including phenoxy) is 2. The van der Waals surface area contributed by atoms with Crippen LogP contribution in [-0.2, 0) is 21.4 Å². The molecule has 7 rings (SSSR count). The lowest BCUT2D eigenvalue weighted by molar-refractivity contribution is -0.134. The molecule has 3 amide bonds. The second kappa shape index (κ2) is 19.2. The molecule has 15 nitrogen and oxygen atoms in total. The predicted octanol–water partition coefficient (Wildman–Crippen LogP) is 6.17. The Hall–Kier alpha value is -5.94. The van der Waals surface area contributed by atoms with Gasteiger partial charge in [0.25, 0.3) is 5.91 Å². The molecular weight excluding hydrogens is 787 g/mol. The van der Waals surface area contributed by atoms with Gasteiger partial charge in [-0.3, -0.25) is 34.9 Å². The van der Waals surface area contributed by atoms with Crippen LogP contribution in [0.5, 0.6) is 5.88 Å². The van der Waals surface area contributed by atoms with Gasteiger partial charge in [0.15, 0.2) is 0 Å². The summed E-state index contributed by atoms with van der Waals surface area (Å²) in [5.74, 6) is -2.59. The van der Waals surface area contributed by atoms with Crippen molar-refractivity contribution in [3.05, 3.63) is 77.1 Å². The van der Waals surface area contributed by atoms with Gasteiger partial charge in [-0.2, -0.15) is 5.10 Å². The van der Waals surface area contributed by atoms with Gasteiger partial charge in [0, 0.05) is 81.5 Å². The van der Waals surface area contributed by atoms with Gasteiger partial charge in [-0.15, -0.1) is 0 Å². The van der Waals surface area contributed by atoms with Crippen molar-refractivity contribution in [1.82, 2.24) is 34.9 Å². The van der Waals surface area contributed by atoms with E-state index in [-0.39, 0.29) is 36.0 Å². The van der Waals surface area contributed by atoms with Crippen LogP contribution in [0.2, 0.25) is 0 Å². The Balaban J connectivity index is 0.962. The maximum Gasteiger partial charge on any atom is 0.258 e. The van der Waals surface area contributed by atoms with Gasteiger partial charge < -0.3 is 24.7 Å². The zero-order chi connectivity index (χ0) is 43.2. The van der Waals surface area contributed by atoms with Crippen LogP contribution in [0.1, 0.15) is 73.5 Å². The number of carbonyl (C=O) groups excluding carboxylic acids is 3. The first-order chi connectivity index (χ1) is 29.4. The van der Waals surface area contributed by atoms with Crippen molar-refractivity contribution < 1.29 is 32.6 Å². The van der Waals surface area contributed by atoms with E-state index in [0.717, 1.165) is 37.0 Å². The number of amides is 3. The van der Waals surface area contributed by atoms with Gasteiger partial charge in [-0.05, 0) is 74.6 Å². The van der Waals surface area contributed by atoms with Crippen molar-refractivity contribution in [1.29, 1.82) is 0 Å². The zero-order valence-electron chi connectivity index (χ0n) is 35.3. The van der Waals surface area contributed by atoms with Crippen molar-refractivity contribution in [3.63, 3.8) is 0 Å². The zero-order valence-corrected chi connectivity index (χ0v) is 35.3. The number of aromatic amines is 1. The highest BCUT2D eigenvalue weighted by atomic mass is 19.1. The summed E-state index contributed by atoms with van der Waals surface area (Å²) in [6, 6.07) is 11.8. The summed E-state index contributed by atoms with van der Waals surface area (Å²) in [5.41, 5.74) is 4.79. The van der Waals surface area contributed by atoms with Gasteiger partial charge in [-0.1, -0.05) is 20.3 Å². The molecule has 5 aromatic rings. The largest absolute Gasteiger partial charge is 0.477 e. The van der Waals surface area contributed by atoms with E-state index >= 15 is 8.78 Å². The Kier molecular flexibility index (Phi) is 13.6. The number of halogens is 2. The van der Waals surface area contributed by atoms with Crippen LogP contribution in [0.3, 0.4) is 0 Å². The van der Waals surface area contributed by atoms with E-state index in [4.69, 9.17) is 14.5 Å². The molecule has 0 aliphatic carbocycles. The first kappa shape index (κ1) is 43.2. The van der Waals surface area contributed by atoms with Crippen LogP contribution in [0, 0.1) is 24.5 Å². The maximum absolute atomic E-state index is 15.1. The van der Waals surface area contributed by atoms with Gasteiger partial charge in [0.05, 0.1) is 53.7 Å². The predicted molar refractivity (Wildman–Crippen MR) is 229 cm³/mol. The lowest BCUT2D eigenvalue weighted by Gasteiger charge is -2.42. The van der Waals surface area contributed by atoms with Crippen molar-refractivity contribution in [2.45, 2.75) is 64.8 Å². The fourth-order valence-electron chi connectivity index (χ4n) is 8.08. The molecule has 61 heavy (non-hydrogen) atoms. The van der Waals surface area contributed by atoms with Crippen LogP contribution >= 0.6 is 0 Å². The first-order valence-electron chi connectivity index (χ1n) is 20.9. The molecule has 17 heteroatoms. The summed E-state index contributed by atoms with van der Waals surface area (Å²) in [6.07, 6.45) is 4.95. The van der Waals surface area contributed by atoms with E-state index in [0.29, 0.717) is 85.2 Å². The van der Waals surface area contributed by atoms with E-state index in [1.807, 2.05) is 32.2 Å². The Morgan fingerprint density at radius 3 is 2.64 bits per heavy atom. The number of benzene rings is 2. The lowest BCUT2D eigenvalue weighted by atomic mass is 9.89. The Morgan fingerprint density at radius 1 is 1.08 bits per heavy atom. The summed E-state index contributed by atoms with van der Waals surface area (Å²) in [7, 11) is 3.49. The molecule has 2 aromatic carbocycles. The number of anilines is 3. The molecule has 2 aliphatic rings. The van der Waals surface area contributed by atoms with Crippen molar-refractivity contribution in [3.8, 4) is 17.1 Å². The van der Waals surface area contributed by atoms with Crippen molar-refractivity contribution in [2.24, 2.45) is 13.0 Å². The number of methoxy groups -OCH3 is 1. The minimum Gasteiger partial charge on any atom is -0.477 e. The number of fused-ring (bicyclic) bond motifs is 1. The molecule has 2 saturated heterocycles. The lowest BCUT2D eigenvalue weighted by Crippen LogP contribution is -2.55. The van der Waals surface area contributed by atoms with Crippen LogP contribution in [0.4, 0.5) is 26.1 Å². The van der Waals surface area contributed by atoms with E-state index in [9.17, 15) is 14.4 Å². The number of imide groups is 1. The number of carbonyl (C=O) groups is 3. The van der Waals surface area contributed by atoms with Crippen molar-refractivity contribution >= 4 is 46.1 Å². The Bertz CT molecular complexity index is 2360.